The van der Waals surface area contributed by atoms with Gasteiger partial charge in [0.2, 0.25) is 11.6 Å². The smallest absolute Gasteiger partial charge is 0.293 e. The molecule has 4 rings (SSSR count). The lowest BCUT2D eigenvalue weighted by molar-refractivity contribution is 0.0948. The third kappa shape index (κ3) is 5.26. The van der Waals surface area contributed by atoms with Gasteiger partial charge in [-0.05, 0) is 47.8 Å². The Labute approximate surface area is 196 Å². The lowest BCUT2D eigenvalue weighted by Crippen LogP contribution is -2.25. The summed E-state index contributed by atoms with van der Waals surface area (Å²) in [6.07, 6.45) is 1.54. The topological polar surface area (TPSA) is 140 Å². The number of benzene rings is 2. The van der Waals surface area contributed by atoms with Crippen LogP contribution in [0.2, 0.25) is 0 Å². The summed E-state index contributed by atoms with van der Waals surface area (Å²) in [5, 5.41) is 19.8. The van der Waals surface area contributed by atoms with E-state index in [1.165, 1.54) is 10.2 Å². The van der Waals surface area contributed by atoms with Crippen molar-refractivity contribution in [3.63, 3.8) is 0 Å². The molecule has 174 valence electrons. The van der Waals surface area contributed by atoms with Crippen molar-refractivity contribution in [2.75, 3.05) is 17.7 Å². The van der Waals surface area contributed by atoms with Gasteiger partial charge in [-0.1, -0.05) is 53.7 Å². The lowest BCUT2D eigenvalue weighted by Gasteiger charge is -2.19. The molecule has 1 amide bonds. The van der Waals surface area contributed by atoms with Crippen LogP contribution in [0, 0.1) is 0 Å². The van der Waals surface area contributed by atoms with Gasteiger partial charge >= 0.3 is 0 Å². The molecule has 0 aliphatic carbocycles. The van der Waals surface area contributed by atoms with Gasteiger partial charge < -0.3 is 10.6 Å². The molecule has 0 unspecified atom stereocenters. The Morgan fingerprint density at radius 2 is 1.82 bits per heavy atom. The zero-order valence-electron chi connectivity index (χ0n) is 18.9. The second-order valence-corrected chi connectivity index (χ2v) is 7.73. The summed E-state index contributed by atoms with van der Waals surface area (Å²) in [7, 11) is 1.89. The Morgan fingerprint density at radius 1 is 1.12 bits per heavy atom. The molecule has 3 N–H and O–H groups in total. The van der Waals surface area contributed by atoms with Crippen LogP contribution in [0.25, 0.3) is 5.82 Å². The van der Waals surface area contributed by atoms with Crippen molar-refractivity contribution in [1.29, 1.82) is 0 Å². The number of anilines is 2. The summed E-state index contributed by atoms with van der Waals surface area (Å²) in [5.74, 6) is -0.294. The molecule has 0 fully saturated rings. The second kappa shape index (κ2) is 10.4. The SMILES string of the molecule is C/C(CCc1ccccc1)=N\NC(=O)c1nnn(-c2nonc2N)c1CN(C)c1ccccc1. The number of nitrogens with one attached hydrogen (secondary N) is 1. The van der Waals surface area contributed by atoms with E-state index in [1.807, 2.05) is 67.4 Å². The van der Waals surface area contributed by atoms with E-state index in [-0.39, 0.29) is 17.3 Å². The number of hydrazone groups is 1. The van der Waals surface area contributed by atoms with Gasteiger partial charge in [-0.3, -0.25) is 4.79 Å². The minimum absolute atomic E-state index is 0.0373. The number of nitrogen functional groups attached to an aromatic ring is 1. The van der Waals surface area contributed by atoms with Gasteiger partial charge in [0.05, 0.1) is 12.2 Å². The third-order valence-corrected chi connectivity index (χ3v) is 5.22. The van der Waals surface area contributed by atoms with E-state index in [1.54, 1.807) is 0 Å². The van der Waals surface area contributed by atoms with Crippen LogP contribution in [-0.2, 0) is 13.0 Å². The summed E-state index contributed by atoms with van der Waals surface area (Å²) in [5.41, 5.74) is 11.9. The Hall–Kier alpha value is -4.54. The number of nitrogens with zero attached hydrogens (tertiary/aromatic N) is 7. The number of carbonyl (C=O) groups excluding carboxylic acids is 1. The molecule has 2 heterocycles. The second-order valence-electron chi connectivity index (χ2n) is 7.73. The first-order valence-corrected chi connectivity index (χ1v) is 10.7. The molecule has 11 heteroatoms. The maximum absolute atomic E-state index is 13.0. The molecule has 0 radical (unpaired) electrons. The summed E-state index contributed by atoms with van der Waals surface area (Å²) in [4.78, 5) is 14.9. The van der Waals surface area contributed by atoms with E-state index in [0.29, 0.717) is 18.7 Å². The zero-order valence-corrected chi connectivity index (χ0v) is 18.9. The number of aryl methyl sites for hydroxylation is 1. The fourth-order valence-corrected chi connectivity index (χ4v) is 3.35. The molecule has 2 aromatic carbocycles. The normalized spacial score (nSPS) is 11.4. The number of aromatic nitrogens is 5. The van der Waals surface area contributed by atoms with E-state index >= 15 is 0 Å². The maximum atomic E-state index is 13.0. The highest BCUT2D eigenvalue weighted by atomic mass is 16.6. The van der Waals surface area contributed by atoms with Crippen LogP contribution in [0.4, 0.5) is 11.5 Å². The number of rotatable bonds is 9. The molecular weight excluding hydrogens is 434 g/mol. The van der Waals surface area contributed by atoms with Gasteiger partial charge in [0.1, 0.15) is 0 Å². The fourth-order valence-electron chi connectivity index (χ4n) is 3.35. The number of para-hydroxylation sites is 1. The van der Waals surface area contributed by atoms with Crippen LogP contribution in [-0.4, -0.2) is 44.0 Å². The molecule has 0 aliphatic rings. The molecule has 0 aliphatic heterocycles. The Morgan fingerprint density at radius 3 is 2.50 bits per heavy atom. The minimum Gasteiger partial charge on any atom is -0.378 e. The van der Waals surface area contributed by atoms with Crippen LogP contribution < -0.4 is 16.1 Å². The van der Waals surface area contributed by atoms with Crippen LogP contribution in [0.15, 0.2) is 70.4 Å². The molecule has 34 heavy (non-hydrogen) atoms. The highest BCUT2D eigenvalue weighted by molar-refractivity contribution is 5.94. The van der Waals surface area contributed by atoms with E-state index in [4.69, 9.17) is 10.4 Å². The van der Waals surface area contributed by atoms with Gasteiger partial charge in [-0.15, -0.1) is 5.10 Å². The number of hydrogen-bond acceptors (Lipinski definition) is 9. The summed E-state index contributed by atoms with van der Waals surface area (Å²) in [6, 6.07) is 19.8. The van der Waals surface area contributed by atoms with Crippen molar-refractivity contribution in [2.24, 2.45) is 5.10 Å². The Bertz CT molecular complexity index is 1270. The van der Waals surface area contributed by atoms with Crippen LogP contribution in [0.5, 0.6) is 0 Å². The van der Waals surface area contributed by atoms with Crippen molar-refractivity contribution in [1.82, 2.24) is 30.7 Å². The Balaban J connectivity index is 1.54. The average Bonchev–Trinajstić information content (AvgIpc) is 3.48. The van der Waals surface area contributed by atoms with Gasteiger partial charge in [0, 0.05) is 18.4 Å². The molecule has 0 saturated carbocycles. The Kier molecular flexibility index (Phi) is 6.92. The van der Waals surface area contributed by atoms with Crippen LogP contribution in [0.3, 0.4) is 0 Å². The molecular formula is C23H25N9O2. The number of carbonyl (C=O) groups is 1. The molecule has 4 aromatic rings. The van der Waals surface area contributed by atoms with Crippen LogP contribution >= 0.6 is 0 Å². The van der Waals surface area contributed by atoms with E-state index in [2.05, 4.69) is 43.3 Å². The molecule has 0 saturated heterocycles. The minimum atomic E-state index is -0.489. The number of amides is 1. The van der Waals surface area contributed by atoms with Gasteiger partial charge in [-0.25, -0.2) is 10.1 Å². The predicted molar refractivity (Wildman–Crippen MR) is 128 cm³/mol. The average molecular weight is 460 g/mol. The molecule has 0 spiro atoms. The lowest BCUT2D eigenvalue weighted by atomic mass is 10.1. The molecule has 0 atom stereocenters. The standard InChI is InChI=1S/C23H25N9O2/c1-16(13-14-17-9-5-3-6-10-17)25-27-23(33)20-19(15-31(2)18-11-7-4-8-12-18)32(30-26-20)22-21(24)28-34-29-22/h3-12H,13-15H2,1-2H3,(H2,24,28)(H,27,33)/b25-16+. The monoisotopic (exact) mass is 459 g/mol. The van der Waals surface area contributed by atoms with Gasteiger partial charge in [-0.2, -0.15) is 9.78 Å². The van der Waals surface area contributed by atoms with Crippen molar-refractivity contribution >= 4 is 23.1 Å². The maximum Gasteiger partial charge on any atom is 0.293 e. The highest BCUT2D eigenvalue weighted by Gasteiger charge is 2.25. The van der Waals surface area contributed by atoms with Crippen molar-refractivity contribution in [3.8, 4) is 5.82 Å². The first-order valence-electron chi connectivity index (χ1n) is 10.7. The summed E-state index contributed by atoms with van der Waals surface area (Å²) in [6.45, 7) is 2.16. The van der Waals surface area contributed by atoms with E-state index in [9.17, 15) is 4.79 Å². The van der Waals surface area contributed by atoms with Gasteiger partial charge in [0.15, 0.2) is 5.69 Å². The molecule has 2 aromatic heterocycles. The van der Waals surface area contributed by atoms with Crippen LogP contribution in [0.1, 0.15) is 35.1 Å². The highest BCUT2D eigenvalue weighted by Crippen LogP contribution is 2.20. The van der Waals surface area contributed by atoms with Crippen molar-refractivity contribution in [2.45, 2.75) is 26.3 Å². The molecule has 0 bridgehead atoms. The third-order valence-electron chi connectivity index (χ3n) is 5.22. The first-order chi connectivity index (χ1) is 16.5. The quantitative estimate of drug-likeness (QED) is 0.287. The van der Waals surface area contributed by atoms with Crippen molar-refractivity contribution < 1.29 is 9.42 Å². The predicted octanol–water partition coefficient (Wildman–Crippen LogP) is 2.61. The number of hydrogen-bond donors (Lipinski definition) is 2. The van der Waals surface area contributed by atoms with E-state index in [0.717, 1.165) is 17.8 Å². The summed E-state index contributed by atoms with van der Waals surface area (Å²) >= 11 is 0. The van der Waals surface area contributed by atoms with E-state index < -0.39 is 5.91 Å². The van der Waals surface area contributed by atoms with Gasteiger partial charge in [0.25, 0.3) is 5.91 Å². The first kappa shape index (κ1) is 22.6. The zero-order chi connectivity index (χ0) is 23.9. The molecule has 11 nitrogen and oxygen atoms in total. The van der Waals surface area contributed by atoms with Crippen molar-refractivity contribution in [3.05, 3.63) is 77.6 Å². The number of nitrogens with two attached hydrogens (primary N) is 1. The summed E-state index contributed by atoms with van der Waals surface area (Å²) < 4.78 is 6.06. The fraction of sp³-hybridized carbons (Fsp3) is 0.217. The largest absolute Gasteiger partial charge is 0.378 e.